The van der Waals surface area contributed by atoms with Crippen molar-refractivity contribution in [2.75, 3.05) is 20.1 Å². The van der Waals surface area contributed by atoms with Gasteiger partial charge in [0.15, 0.2) is 0 Å². The molecule has 74 valence electrons. The molecule has 0 saturated carbocycles. The minimum absolute atomic E-state index is 0.350. The Kier molecular flexibility index (Phi) is 4.74. The minimum atomic E-state index is -3.22. The standard InChI is InChI=1S/C7H18N2O2S/c1-5-8-12(10,11)9(4)6-7(2)3/h7-8H,5-6H2,1-4H3. The predicted octanol–water partition coefficient (Wildman–Crippen LogP) is 0.428. The van der Waals surface area contributed by atoms with E-state index in [4.69, 9.17) is 0 Å². The second-order valence-corrected chi connectivity index (χ2v) is 5.04. The highest BCUT2D eigenvalue weighted by molar-refractivity contribution is 7.87. The van der Waals surface area contributed by atoms with Gasteiger partial charge >= 0.3 is 0 Å². The maximum absolute atomic E-state index is 11.3. The summed E-state index contributed by atoms with van der Waals surface area (Å²) < 4.78 is 26.3. The number of hydrogen-bond donors (Lipinski definition) is 1. The van der Waals surface area contributed by atoms with Crippen molar-refractivity contribution in [3.8, 4) is 0 Å². The van der Waals surface area contributed by atoms with Gasteiger partial charge in [-0.15, -0.1) is 0 Å². The van der Waals surface area contributed by atoms with Gasteiger partial charge in [0.1, 0.15) is 0 Å². The molecule has 0 aromatic rings. The molecule has 0 amide bonds. The van der Waals surface area contributed by atoms with Crippen LogP contribution >= 0.6 is 0 Å². The lowest BCUT2D eigenvalue weighted by molar-refractivity contribution is 0.411. The Balaban J connectivity index is 4.16. The summed E-state index contributed by atoms with van der Waals surface area (Å²) >= 11 is 0. The van der Waals surface area contributed by atoms with Gasteiger partial charge in [0.2, 0.25) is 0 Å². The largest absolute Gasteiger partial charge is 0.279 e. The summed E-state index contributed by atoms with van der Waals surface area (Å²) in [5.74, 6) is 0.350. The Morgan fingerprint density at radius 2 is 1.92 bits per heavy atom. The van der Waals surface area contributed by atoms with Crippen molar-refractivity contribution in [3.05, 3.63) is 0 Å². The lowest BCUT2D eigenvalue weighted by Crippen LogP contribution is -2.39. The molecule has 0 heterocycles. The molecule has 0 saturated heterocycles. The molecule has 5 heteroatoms. The summed E-state index contributed by atoms with van der Waals surface area (Å²) in [6.07, 6.45) is 0. The molecule has 0 radical (unpaired) electrons. The van der Waals surface area contributed by atoms with E-state index in [1.165, 1.54) is 4.31 Å². The van der Waals surface area contributed by atoms with Gasteiger partial charge in [-0.25, -0.2) is 4.72 Å². The third-order valence-corrected chi connectivity index (χ3v) is 2.98. The zero-order valence-corrected chi connectivity index (χ0v) is 8.98. The maximum Gasteiger partial charge on any atom is 0.279 e. The van der Waals surface area contributed by atoms with Crippen LogP contribution in [0.3, 0.4) is 0 Å². The fourth-order valence-electron chi connectivity index (χ4n) is 0.905. The zero-order chi connectivity index (χ0) is 9.78. The van der Waals surface area contributed by atoms with Crippen molar-refractivity contribution >= 4 is 10.2 Å². The van der Waals surface area contributed by atoms with Gasteiger partial charge in [-0.3, -0.25) is 0 Å². The summed E-state index contributed by atoms with van der Waals surface area (Å²) in [6.45, 7) is 6.72. The van der Waals surface area contributed by atoms with Crippen LogP contribution in [0, 0.1) is 5.92 Å². The molecule has 0 aromatic heterocycles. The van der Waals surface area contributed by atoms with Gasteiger partial charge < -0.3 is 0 Å². The third kappa shape index (κ3) is 4.04. The summed E-state index contributed by atoms with van der Waals surface area (Å²) in [5, 5.41) is 0. The molecule has 0 aliphatic heterocycles. The first-order chi connectivity index (χ1) is 5.40. The molecule has 0 atom stereocenters. The van der Waals surface area contributed by atoms with Crippen molar-refractivity contribution < 1.29 is 8.42 Å². The minimum Gasteiger partial charge on any atom is -0.202 e. The van der Waals surface area contributed by atoms with E-state index in [0.29, 0.717) is 19.0 Å². The second kappa shape index (κ2) is 4.79. The first kappa shape index (κ1) is 11.9. The van der Waals surface area contributed by atoms with Crippen molar-refractivity contribution in [2.24, 2.45) is 5.92 Å². The maximum atomic E-state index is 11.3. The topological polar surface area (TPSA) is 49.4 Å². The van der Waals surface area contributed by atoms with Crippen LogP contribution in [0.1, 0.15) is 20.8 Å². The molecule has 0 fully saturated rings. The molecule has 0 unspecified atom stereocenters. The van der Waals surface area contributed by atoms with Crippen LogP contribution in [0.2, 0.25) is 0 Å². The van der Waals surface area contributed by atoms with E-state index in [1.807, 2.05) is 13.8 Å². The molecular formula is C7H18N2O2S. The van der Waals surface area contributed by atoms with Gasteiger partial charge in [0.05, 0.1) is 0 Å². The van der Waals surface area contributed by atoms with Gasteiger partial charge in [0.25, 0.3) is 10.2 Å². The summed E-state index contributed by atoms with van der Waals surface area (Å²) in [7, 11) is -1.64. The van der Waals surface area contributed by atoms with Crippen LogP contribution in [0.4, 0.5) is 0 Å². The molecule has 0 spiro atoms. The Bertz CT molecular complexity index is 211. The summed E-state index contributed by atoms with van der Waals surface area (Å²) in [6, 6.07) is 0. The van der Waals surface area contributed by atoms with Gasteiger partial charge in [-0.05, 0) is 5.92 Å². The van der Waals surface area contributed by atoms with E-state index >= 15 is 0 Å². The summed E-state index contributed by atoms with van der Waals surface area (Å²) in [4.78, 5) is 0. The molecule has 12 heavy (non-hydrogen) atoms. The lowest BCUT2D eigenvalue weighted by Gasteiger charge is -2.18. The van der Waals surface area contributed by atoms with Crippen molar-refractivity contribution in [1.29, 1.82) is 0 Å². The lowest BCUT2D eigenvalue weighted by atomic mass is 10.2. The first-order valence-electron chi connectivity index (χ1n) is 4.11. The second-order valence-electron chi connectivity index (χ2n) is 3.18. The number of hydrogen-bond acceptors (Lipinski definition) is 2. The third-order valence-electron chi connectivity index (χ3n) is 1.36. The van der Waals surface area contributed by atoms with Gasteiger partial charge in [-0.2, -0.15) is 12.7 Å². The highest BCUT2D eigenvalue weighted by atomic mass is 32.2. The van der Waals surface area contributed by atoms with Gasteiger partial charge in [-0.1, -0.05) is 20.8 Å². The first-order valence-corrected chi connectivity index (χ1v) is 5.55. The molecule has 0 aliphatic carbocycles. The fourth-order valence-corrected chi connectivity index (χ4v) is 1.98. The Morgan fingerprint density at radius 1 is 1.42 bits per heavy atom. The predicted molar refractivity (Wildman–Crippen MR) is 50.1 cm³/mol. The number of nitrogens with zero attached hydrogens (tertiary/aromatic N) is 1. The quantitative estimate of drug-likeness (QED) is 0.690. The molecule has 0 aromatic carbocycles. The average Bonchev–Trinajstić information content (AvgIpc) is 1.85. The highest BCUT2D eigenvalue weighted by Crippen LogP contribution is 1.99. The monoisotopic (exact) mass is 194 g/mol. The van der Waals surface area contributed by atoms with Crippen LogP contribution < -0.4 is 4.72 Å². The van der Waals surface area contributed by atoms with Crippen LogP contribution in [0.25, 0.3) is 0 Å². The number of nitrogens with one attached hydrogen (secondary N) is 1. The van der Waals surface area contributed by atoms with E-state index in [0.717, 1.165) is 0 Å². The van der Waals surface area contributed by atoms with Crippen molar-refractivity contribution in [3.63, 3.8) is 0 Å². The molecule has 1 N–H and O–H groups in total. The van der Waals surface area contributed by atoms with E-state index in [2.05, 4.69) is 4.72 Å². The SMILES string of the molecule is CCNS(=O)(=O)N(C)CC(C)C. The Hall–Kier alpha value is -0.130. The molecule has 0 bridgehead atoms. The average molecular weight is 194 g/mol. The normalized spacial score (nSPS) is 12.8. The smallest absolute Gasteiger partial charge is 0.202 e. The highest BCUT2D eigenvalue weighted by Gasteiger charge is 2.16. The van der Waals surface area contributed by atoms with Crippen LogP contribution in [0.5, 0.6) is 0 Å². The fraction of sp³-hybridized carbons (Fsp3) is 1.00. The van der Waals surface area contributed by atoms with Crippen LogP contribution in [-0.4, -0.2) is 32.9 Å². The van der Waals surface area contributed by atoms with Crippen LogP contribution in [0.15, 0.2) is 0 Å². The molecule has 0 rings (SSSR count). The van der Waals surface area contributed by atoms with E-state index < -0.39 is 10.2 Å². The Morgan fingerprint density at radius 3 is 2.25 bits per heavy atom. The van der Waals surface area contributed by atoms with Crippen LogP contribution in [-0.2, 0) is 10.2 Å². The van der Waals surface area contributed by atoms with E-state index in [-0.39, 0.29) is 0 Å². The van der Waals surface area contributed by atoms with E-state index in [9.17, 15) is 8.42 Å². The summed E-state index contributed by atoms with van der Waals surface area (Å²) in [5.41, 5.74) is 0. The van der Waals surface area contributed by atoms with E-state index in [1.54, 1.807) is 14.0 Å². The van der Waals surface area contributed by atoms with Crippen molar-refractivity contribution in [1.82, 2.24) is 9.03 Å². The number of rotatable bonds is 5. The molecular weight excluding hydrogens is 176 g/mol. The molecule has 0 aliphatic rings. The Labute approximate surface area is 75.1 Å². The van der Waals surface area contributed by atoms with Crippen molar-refractivity contribution in [2.45, 2.75) is 20.8 Å². The van der Waals surface area contributed by atoms with Gasteiger partial charge in [0, 0.05) is 20.1 Å². The molecule has 4 nitrogen and oxygen atoms in total. The zero-order valence-electron chi connectivity index (χ0n) is 8.16.